The van der Waals surface area contributed by atoms with Crippen LogP contribution in [-0.4, -0.2) is 26.4 Å². The minimum absolute atomic E-state index is 0.0897. The van der Waals surface area contributed by atoms with Crippen LogP contribution in [0.5, 0.6) is 0 Å². The Morgan fingerprint density at radius 3 is 2.55 bits per heavy atom. The second kappa shape index (κ2) is 9.25. The monoisotopic (exact) mass is 433 g/mol. The van der Waals surface area contributed by atoms with Gasteiger partial charge in [0.05, 0.1) is 17.9 Å². The maximum absolute atomic E-state index is 13.3. The van der Waals surface area contributed by atoms with E-state index < -0.39 is 10.0 Å². The summed E-state index contributed by atoms with van der Waals surface area (Å²) in [6.07, 6.45) is 0.129. The molecule has 0 radical (unpaired) electrons. The summed E-state index contributed by atoms with van der Waals surface area (Å²) in [6.45, 7) is 0.332. The van der Waals surface area contributed by atoms with Crippen molar-refractivity contribution in [2.24, 2.45) is 0 Å². The second-order valence-corrected chi connectivity index (χ2v) is 9.17. The third-order valence-corrected chi connectivity index (χ3v) is 6.42. The lowest BCUT2D eigenvalue weighted by Gasteiger charge is -2.06. The van der Waals surface area contributed by atoms with Crippen LogP contribution in [-0.2, 0) is 33.5 Å². The van der Waals surface area contributed by atoms with E-state index >= 15 is 0 Å². The van der Waals surface area contributed by atoms with E-state index in [-0.39, 0.29) is 23.9 Å². The van der Waals surface area contributed by atoms with Crippen LogP contribution in [0.25, 0.3) is 10.6 Å². The summed E-state index contributed by atoms with van der Waals surface area (Å²) in [5, 5.41) is 5.27. The number of amides is 1. The highest BCUT2D eigenvalue weighted by molar-refractivity contribution is 7.88. The van der Waals surface area contributed by atoms with E-state index in [0.29, 0.717) is 28.4 Å². The average molecular weight is 434 g/mol. The molecule has 0 atom stereocenters. The van der Waals surface area contributed by atoms with Gasteiger partial charge in [0.25, 0.3) is 0 Å². The van der Waals surface area contributed by atoms with Crippen molar-refractivity contribution in [3.05, 3.63) is 76.5 Å². The number of hydrogen-bond donors (Lipinski definition) is 2. The van der Waals surface area contributed by atoms with Crippen molar-refractivity contribution in [2.45, 2.75) is 18.7 Å². The first-order valence-corrected chi connectivity index (χ1v) is 11.3. The first-order chi connectivity index (χ1) is 13.8. The Hall–Kier alpha value is -2.62. The molecule has 29 heavy (non-hydrogen) atoms. The van der Waals surface area contributed by atoms with Crippen LogP contribution in [0.2, 0.25) is 0 Å². The van der Waals surface area contributed by atoms with Gasteiger partial charge in [-0.05, 0) is 30.3 Å². The fourth-order valence-electron chi connectivity index (χ4n) is 2.61. The predicted octanol–water partition coefficient (Wildman–Crippen LogP) is 2.86. The maximum atomic E-state index is 13.3. The molecule has 152 valence electrons. The van der Waals surface area contributed by atoms with E-state index in [1.807, 2.05) is 0 Å². The molecule has 0 aliphatic rings. The SMILES string of the molecule is CNS(=O)(=O)Cc1ccc(CNC(=O)Cc2csc(-c3cccc(F)c3)n2)cc1. The molecule has 0 saturated carbocycles. The van der Waals surface area contributed by atoms with Crippen LogP contribution in [0.4, 0.5) is 4.39 Å². The quantitative estimate of drug-likeness (QED) is 0.572. The Morgan fingerprint density at radius 2 is 1.86 bits per heavy atom. The molecule has 1 aromatic heterocycles. The van der Waals surface area contributed by atoms with Gasteiger partial charge in [-0.3, -0.25) is 4.79 Å². The Bertz CT molecular complexity index is 1100. The number of carbonyl (C=O) groups excluding carboxylic acids is 1. The topological polar surface area (TPSA) is 88.2 Å². The molecule has 2 N–H and O–H groups in total. The van der Waals surface area contributed by atoms with Gasteiger partial charge in [-0.15, -0.1) is 11.3 Å². The highest BCUT2D eigenvalue weighted by atomic mass is 32.2. The molecular weight excluding hydrogens is 413 g/mol. The summed E-state index contributed by atoms with van der Waals surface area (Å²) >= 11 is 1.36. The number of halogens is 1. The molecule has 0 aliphatic heterocycles. The van der Waals surface area contributed by atoms with E-state index in [0.717, 1.165) is 5.56 Å². The molecule has 9 heteroatoms. The smallest absolute Gasteiger partial charge is 0.226 e. The van der Waals surface area contributed by atoms with Gasteiger partial charge in [-0.25, -0.2) is 22.5 Å². The Labute approximate surface area is 172 Å². The van der Waals surface area contributed by atoms with Crippen molar-refractivity contribution in [2.75, 3.05) is 7.05 Å². The average Bonchev–Trinajstić information content (AvgIpc) is 3.16. The lowest BCUT2D eigenvalue weighted by molar-refractivity contribution is -0.120. The van der Waals surface area contributed by atoms with Crippen molar-refractivity contribution in [3.8, 4) is 10.6 Å². The van der Waals surface area contributed by atoms with Crippen LogP contribution < -0.4 is 10.0 Å². The summed E-state index contributed by atoms with van der Waals surface area (Å²) in [7, 11) is -1.94. The highest BCUT2D eigenvalue weighted by Crippen LogP contribution is 2.24. The van der Waals surface area contributed by atoms with Crippen molar-refractivity contribution >= 4 is 27.3 Å². The van der Waals surface area contributed by atoms with Crippen LogP contribution in [0.3, 0.4) is 0 Å². The fourth-order valence-corrected chi connectivity index (χ4v) is 4.21. The van der Waals surface area contributed by atoms with Gasteiger partial charge in [-0.2, -0.15) is 0 Å². The van der Waals surface area contributed by atoms with E-state index in [1.165, 1.54) is 30.5 Å². The molecule has 6 nitrogen and oxygen atoms in total. The Balaban J connectivity index is 1.53. The minimum atomic E-state index is -3.31. The number of benzene rings is 2. The summed E-state index contributed by atoms with van der Waals surface area (Å²) in [4.78, 5) is 16.6. The van der Waals surface area contributed by atoms with Crippen molar-refractivity contribution in [1.82, 2.24) is 15.0 Å². The summed E-state index contributed by atoms with van der Waals surface area (Å²) in [6, 6.07) is 13.2. The molecular formula is C20H20FN3O3S2. The first kappa shape index (κ1) is 21.1. The number of nitrogens with zero attached hydrogens (tertiary/aromatic N) is 1. The van der Waals surface area contributed by atoms with Crippen molar-refractivity contribution in [1.29, 1.82) is 0 Å². The van der Waals surface area contributed by atoms with Gasteiger partial charge < -0.3 is 5.32 Å². The highest BCUT2D eigenvalue weighted by Gasteiger charge is 2.11. The van der Waals surface area contributed by atoms with Gasteiger partial charge in [0, 0.05) is 17.5 Å². The number of thiazole rings is 1. The lowest BCUT2D eigenvalue weighted by atomic mass is 10.1. The van der Waals surface area contributed by atoms with E-state index in [1.54, 1.807) is 41.8 Å². The first-order valence-electron chi connectivity index (χ1n) is 8.81. The number of hydrogen-bond acceptors (Lipinski definition) is 5. The molecule has 0 bridgehead atoms. The summed E-state index contributed by atoms with van der Waals surface area (Å²) in [5.74, 6) is -0.595. The fraction of sp³-hybridized carbons (Fsp3) is 0.200. The van der Waals surface area contributed by atoms with Crippen molar-refractivity contribution in [3.63, 3.8) is 0 Å². The normalized spacial score (nSPS) is 11.4. The second-order valence-electron chi connectivity index (χ2n) is 6.39. The zero-order valence-corrected chi connectivity index (χ0v) is 17.3. The zero-order valence-electron chi connectivity index (χ0n) is 15.7. The summed E-state index contributed by atoms with van der Waals surface area (Å²) in [5.41, 5.74) is 2.84. The minimum Gasteiger partial charge on any atom is -0.352 e. The van der Waals surface area contributed by atoms with Crippen LogP contribution in [0.15, 0.2) is 53.9 Å². The number of nitrogens with one attached hydrogen (secondary N) is 2. The van der Waals surface area contributed by atoms with Gasteiger partial charge in [0.2, 0.25) is 15.9 Å². The molecule has 3 rings (SSSR count). The predicted molar refractivity (Wildman–Crippen MR) is 111 cm³/mol. The molecule has 0 aliphatic carbocycles. The molecule has 1 heterocycles. The van der Waals surface area contributed by atoms with Gasteiger partial charge in [0.1, 0.15) is 10.8 Å². The molecule has 0 fully saturated rings. The molecule has 3 aromatic rings. The maximum Gasteiger partial charge on any atom is 0.226 e. The van der Waals surface area contributed by atoms with Crippen LogP contribution in [0.1, 0.15) is 16.8 Å². The molecule has 0 spiro atoms. The van der Waals surface area contributed by atoms with E-state index in [2.05, 4.69) is 15.0 Å². The van der Waals surface area contributed by atoms with E-state index in [4.69, 9.17) is 0 Å². The number of sulfonamides is 1. The third kappa shape index (κ3) is 6.18. The Kier molecular flexibility index (Phi) is 6.73. The van der Waals surface area contributed by atoms with Gasteiger partial charge >= 0.3 is 0 Å². The van der Waals surface area contributed by atoms with Gasteiger partial charge in [0.15, 0.2) is 0 Å². The van der Waals surface area contributed by atoms with Crippen molar-refractivity contribution < 1.29 is 17.6 Å². The number of rotatable bonds is 8. The number of aromatic nitrogens is 1. The van der Waals surface area contributed by atoms with Crippen LogP contribution >= 0.6 is 11.3 Å². The zero-order chi connectivity index (χ0) is 20.9. The van der Waals surface area contributed by atoms with Crippen LogP contribution in [0, 0.1) is 5.82 Å². The molecule has 0 unspecified atom stereocenters. The molecule has 2 aromatic carbocycles. The standard InChI is InChI=1S/C20H20FN3O3S2/c1-22-29(26,27)13-15-7-5-14(6-8-15)11-23-19(25)10-18-12-28-20(24-18)16-3-2-4-17(21)9-16/h2-9,12,22H,10-11,13H2,1H3,(H,23,25). The largest absolute Gasteiger partial charge is 0.352 e. The lowest BCUT2D eigenvalue weighted by Crippen LogP contribution is -2.24. The Morgan fingerprint density at radius 1 is 1.14 bits per heavy atom. The van der Waals surface area contributed by atoms with Gasteiger partial charge in [-0.1, -0.05) is 36.4 Å². The molecule has 1 amide bonds. The summed E-state index contributed by atoms with van der Waals surface area (Å²) < 4.78 is 38.7. The van der Waals surface area contributed by atoms with E-state index in [9.17, 15) is 17.6 Å². The third-order valence-electron chi connectivity index (χ3n) is 4.15. The molecule has 0 saturated heterocycles. The number of carbonyl (C=O) groups is 1.